The number of amides is 1. The standard InChI is InChI=1S/C17H17N3O4S/c1-10-3-5-12(6-4-10)19-14(21)11(2)24-16(23)13-9-18-17-20(15(13)22)7-8-25-17/h3-6,9,11H,7-8H2,1-2H3,(H,19,21). The highest BCUT2D eigenvalue weighted by molar-refractivity contribution is 7.99. The molecule has 1 aliphatic heterocycles. The molecule has 1 N–H and O–H groups in total. The molecule has 25 heavy (non-hydrogen) atoms. The summed E-state index contributed by atoms with van der Waals surface area (Å²) in [6, 6.07) is 7.25. The van der Waals surface area contributed by atoms with E-state index in [-0.39, 0.29) is 5.56 Å². The van der Waals surface area contributed by atoms with Gasteiger partial charge in [0.2, 0.25) is 0 Å². The Morgan fingerprint density at radius 2 is 2.04 bits per heavy atom. The molecule has 2 aromatic rings. The SMILES string of the molecule is Cc1ccc(NC(=O)C(C)OC(=O)c2cnc3n(c2=O)CCS3)cc1. The lowest BCUT2D eigenvalue weighted by molar-refractivity contribution is -0.123. The lowest BCUT2D eigenvalue weighted by Gasteiger charge is -2.13. The number of benzene rings is 1. The van der Waals surface area contributed by atoms with E-state index in [0.29, 0.717) is 17.4 Å². The van der Waals surface area contributed by atoms with Gasteiger partial charge < -0.3 is 10.1 Å². The first-order valence-electron chi connectivity index (χ1n) is 7.77. The van der Waals surface area contributed by atoms with Crippen molar-refractivity contribution >= 4 is 29.3 Å². The lowest BCUT2D eigenvalue weighted by atomic mass is 10.2. The number of esters is 1. The van der Waals surface area contributed by atoms with Crippen molar-refractivity contribution in [3.8, 4) is 0 Å². The molecule has 0 bridgehead atoms. The highest BCUT2D eigenvalue weighted by Gasteiger charge is 2.24. The predicted octanol–water partition coefficient (Wildman–Crippen LogP) is 1.84. The molecule has 1 aromatic heterocycles. The number of nitrogens with zero attached hydrogens (tertiary/aromatic N) is 2. The summed E-state index contributed by atoms with van der Waals surface area (Å²) in [5, 5.41) is 3.25. The number of ether oxygens (including phenoxy) is 1. The topological polar surface area (TPSA) is 90.3 Å². The second-order valence-corrected chi connectivity index (χ2v) is 6.72. The molecule has 0 radical (unpaired) electrons. The van der Waals surface area contributed by atoms with Gasteiger partial charge in [-0.1, -0.05) is 29.5 Å². The molecule has 0 fully saturated rings. The molecular weight excluding hydrogens is 342 g/mol. The summed E-state index contributed by atoms with van der Waals surface area (Å²) in [5.74, 6) is -0.575. The quantitative estimate of drug-likeness (QED) is 0.662. The Balaban J connectivity index is 1.67. The van der Waals surface area contributed by atoms with Gasteiger partial charge in [-0.2, -0.15) is 0 Å². The fourth-order valence-electron chi connectivity index (χ4n) is 2.32. The molecule has 130 valence electrons. The van der Waals surface area contributed by atoms with Gasteiger partial charge in [0.05, 0.1) is 6.20 Å². The van der Waals surface area contributed by atoms with Gasteiger partial charge in [0.15, 0.2) is 11.3 Å². The van der Waals surface area contributed by atoms with E-state index < -0.39 is 23.5 Å². The van der Waals surface area contributed by atoms with Crippen molar-refractivity contribution in [1.82, 2.24) is 9.55 Å². The van der Waals surface area contributed by atoms with Crippen molar-refractivity contribution in [3.05, 3.63) is 51.9 Å². The van der Waals surface area contributed by atoms with Crippen molar-refractivity contribution in [1.29, 1.82) is 0 Å². The predicted molar refractivity (Wildman–Crippen MR) is 93.9 cm³/mol. The summed E-state index contributed by atoms with van der Waals surface area (Å²) < 4.78 is 6.57. The monoisotopic (exact) mass is 359 g/mol. The van der Waals surface area contributed by atoms with Crippen molar-refractivity contribution in [2.75, 3.05) is 11.1 Å². The first kappa shape index (κ1) is 17.2. The van der Waals surface area contributed by atoms with Crippen LogP contribution in [0.25, 0.3) is 0 Å². The molecule has 0 aliphatic carbocycles. The van der Waals surface area contributed by atoms with E-state index in [4.69, 9.17) is 4.74 Å². The molecule has 1 amide bonds. The second-order valence-electron chi connectivity index (χ2n) is 5.66. The number of carbonyl (C=O) groups excluding carboxylic acids is 2. The molecule has 3 rings (SSSR count). The Morgan fingerprint density at radius 3 is 2.76 bits per heavy atom. The van der Waals surface area contributed by atoms with E-state index in [1.807, 2.05) is 19.1 Å². The number of fused-ring (bicyclic) bond motifs is 1. The number of anilines is 1. The molecule has 1 atom stereocenters. The second kappa shape index (κ2) is 7.10. The van der Waals surface area contributed by atoms with Gasteiger partial charge in [0.25, 0.3) is 11.5 Å². The van der Waals surface area contributed by atoms with Crippen LogP contribution in [-0.2, 0) is 16.1 Å². The number of nitrogens with one attached hydrogen (secondary N) is 1. The molecule has 7 nitrogen and oxygen atoms in total. The van der Waals surface area contributed by atoms with Crippen LogP contribution in [0.3, 0.4) is 0 Å². The molecule has 1 unspecified atom stereocenters. The van der Waals surface area contributed by atoms with E-state index in [2.05, 4.69) is 10.3 Å². The van der Waals surface area contributed by atoms with Crippen LogP contribution >= 0.6 is 11.8 Å². The van der Waals surface area contributed by atoms with E-state index in [9.17, 15) is 14.4 Å². The summed E-state index contributed by atoms with van der Waals surface area (Å²) in [6.07, 6.45) is 0.167. The van der Waals surface area contributed by atoms with Gasteiger partial charge >= 0.3 is 5.97 Å². The highest BCUT2D eigenvalue weighted by atomic mass is 32.2. The lowest BCUT2D eigenvalue weighted by Crippen LogP contribution is -2.33. The number of carbonyl (C=O) groups is 2. The average Bonchev–Trinajstić information content (AvgIpc) is 3.06. The number of rotatable bonds is 4. The number of hydrogen-bond acceptors (Lipinski definition) is 6. The van der Waals surface area contributed by atoms with Gasteiger partial charge in [-0.05, 0) is 26.0 Å². The van der Waals surface area contributed by atoms with Crippen molar-refractivity contribution < 1.29 is 14.3 Å². The Morgan fingerprint density at radius 1 is 1.32 bits per heavy atom. The van der Waals surface area contributed by atoms with Crippen LogP contribution in [0.4, 0.5) is 5.69 Å². The van der Waals surface area contributed by atoms with Gasteiger partial charge in [0, 0.05) is 18.0 Å². The molecular formula is C17H17N3O4S. The van der Waals surface area contributed by atoms with Crippen LogP contribution in [0.2, 0.25) is 0 Å². The van der Waals surface area contributed by atoms with Gasteiger partial charge in [0.1, 0.15) is 5.56 Å². The number of thioether (sulfide) groups is 1. The normalized spacial score (nSPS) is 13.8. The van der Waals surface area contributed by atoms with Gasteiger partial charge in [-0.3, -0.25) is 14.2 Å². The minimum atomic E-state index is -1.04. The maximum absolute atomic E-state index is 12.3. The molecule has 0 spiro atoms. The van der Waals surface area contributed by atoms with E-state index in [1.165, 1.54) is 29.4 Å². The van der Waals surface area contributed by atoms with Crippen LogP contribution in [0.15, 0.2) is 40.4 Å². The summed E-state index contributed by atoms with van der Waals surface area (Å²) in [6.45, 7) is 3.91. The highest BCUT2D eigenvalue weighted by Crippen LogP contribution is 2.20. The van der Waals surface area contributed by atoms with Crippen LogP contribution < -0.4 is 10.9 Å². The average molecular weight is 359 g/mol. The molecule has 0 saturated carbocycles. The van der Waals surface area contributed by atoms with Crippen molar-refractivity contribution in [3.63, 3.8) is 0 Å². The van der Waals surface area contributed by atoms with E-state index in [0.717, 1.165) is 11.3 Å². The van der Waals surface area contributed by atoms with Crippen LogP contribution in [0, 0.1) is 6.92 Å². The Bertz CT molecular complexity index is 876. The minimum Gasteiger partial charge on any atom is -0.449 e. The third-order valence-electron chi connectivity index (χ3n) is 3.75. The largest absolute Gasteiger partial charge is 0.449 e. The fraction of sp³-hybridized carbons (Fsp3) is 0.294. The smallest absolute Gasteiger partial charge is 0.346 e. The van der Waals surface area contributed by atoms with Crippen molar-refractivity contribution in [2.45, 2.75) is 31.7 Å². The summed E-state index contributed by atoms with van der Waals surface area (Å²) in [4.78, 5) is 40.7. The minimum absolute atomic E-state index is 0.166. The number of aryl methyl sites for hydroxylation is 1. The summed E-state index contributed by atoms with van der Waals surface area (Å²) in [7, 11) is 0. The molecule has 8 heteroatoms. The zero-order chi connectivity index (χ0) is 18.0. The van der Waals surface area contributed by atoms with Crippen LogP contribution in [0.5, 0.6) is 0 Å². The first-order valence-corrected chi connectivity index (χ1v) is 8.75. The third kappa shape index (κ3) is 3.74. The molecule has 0 saturated heterocycles. The maximum atomic E-state index is 12.3. The first-order chi connectivity index (χ1) is 12.0. The zero-order valence-electron chi connectivity index (χ0n) is 13.8. The van der Waals surface area contributed by atoms with Crippen LogP contribution in [-0.4, -0.2) is 33.3 Å². The summed E-state index contributed by atoms with van der Waals surface area (Å²) >= 11 is 1.46. The Hall–Kier alpha value is -2.61. The molecule has 1 aliphatic rings. The Kier molecular flexibility index (Phi) is 4.89. The molecule has 2 heterocycles. The van der Waals surface area contributed by atoms with E-state index >= 15 is 0 Å². The van der Waals surface area contributed by atoms with Gasteiger partial charge in [-0.25, -0.2) is 9.78 Å². The van der Waals surface area contributed by atoms with Gasteiger partial charge in [-0.15, -0.1) is 0 Å². The molecule has 1 aromatic carbocycles. The third-order valence-corrected chi connectivity index (χ3v) is 4.72. The van der Waals surface area contributed by atoms with Crippen LogP contribution in [0.1, 0.15) is 22.8 Å². The number of aromatic nitrogens is 2. The Labute approximate surface area is 148 Å². The number of hydrogen-bond donors (Lipinski definition) is 1. The summed E-state index contributed by atoms with van der Waals surface area (Å²) in [5.41, 5.74) is 1.07. The fourth-order valence-corrected chi connectivity index (χ4v) is 3.23. The zero-order valence-corrected chi connectivity index (χ0v) is 14.6. The maximum Gasteiger partial charge on any atom is 0.346 e. The van der Waals surface area contributed by atoms with E-state index in [1.54, 1.807) is 12.1 Å². The van der Waals surface area contributed by atoms with Crippen molar-refractivity contribution in [2.24, 2.45) is 0 Å².